The van der Waals surface area contributed by atoms with Gasteiger partial charge in [0.1, 0.15) is 0 Å². The Morgan fingerprint density at radius 2 is 0.611 bits per heavy atom. The topological polar surface area (TPSA) is 0 Å². The Bertz CT molecular complexity index is 46.9. The largest absolute Gasteiger partial charge is 0.0683 e. The molecule has 0 aromatic rings. The highest BCUT2D eigenvalue weighted by Crippen LogP contribution is 2.15. The second kappa shape index (κ2) is 43.5. The van der Waals surface area contributed by atoms with Gasteiger partial charge in [0.15, 0.2) is 0 Å². The summed E-state index contributed by atoms with van der Waals surface area (Å²) < 4.78 is 0. The third-order valence-electron chi connectivity index (χ3n) is 2.46. The predicted molar refractivity (Wildman–Crippen MR) is 91.6 cm³/mol. The second-order valence-electron chi connectivity index (χ2n) is 3.83. The maximum absolute atomic E-state index is 2.23. The molecule has 0 spiro atoms. The molecule has 0 amide bonds. The van der Waals surface area contributed by atoms with Crippen LogP contribution in [0, 0.1) is 0 Å². The van der Waals surface area contributed by atoms with Crippen molar-refractivity contribution in [1.29, 1.82) is 0 Å². The van der Waals surface area contributed by atoms with E-state index in [0.29, 0.717) is 0 Å². The number of hydrogen-bond acceptors (Lipinski definition) is 0. The molecular formula is C18H44. The molecule has 1 aliphatic rings. The van der Waals surface area contributed by atoms with Crippen LogP contribution in [0.4, 0.5) is 0 Å². The smallest absolute Gasteiger partial charge is 0.0533 e. The van der Waals surface area contributed by atoms with E-state index < -0.39 is 0 Å². The molecule has 0 atom stereocenters. The third kappa shape index (κ3) is 44.4. The van der Waals surface area contributed by atoms with Crippen LogP contribution in [0.5, 0.6) is 0 Å². The van der Waals surface area contributed by atoms with E-state index in [1.807, 2.05) is 41.5 Å². The molecule has 1 saturated carbocycles. The summed E-state index contributed by atoms with van der Waals surface area (Å²) in [5.74, 6) is 0. The second-order valence-corrected chi connectivity index (χ2v) is 3.83. The molecule has 1 fully saturated rings. The van der Waals surface area contributed by atoms with E-state index in [9.17, 15) is 0 Å². The fourth-order valence-electron chi connectivity index (χ4n) is 1.56. The fraction of sp³-hybridized carbons (Fsp3) is 1.00. The Morgan fingerprint density at radius 3 is 0.722 bits per heavy atom. The Kier molecular flexibility index (Phi) is 64.2. The van der Waals surface area contributed by atoms with Gasteiger partial charge in [0.25, 0.3) is 0 Å². The fourth-order valence-corrected chi connectivity index (χ4v) is 1.56. The van der Waals surface area contributed by atoms with Gasteiger partial charge in [-0.1, -0.05) is 120 Å². The maximum atomic E-state index is 2.23. The first kappa shape index (κ1) is 26.5. The first-order chi connectivity index (χ1) is 8.91. The summed E-state index contributed by atoms with van der Waals surface area (Å²) in [5, 5.41) is 0. The molecule has 0 N–H and O–H groups in total. The van der Waals surface area contributed by atoms with Crippen molar-refractivity contribution >= 4 is 0 Å². The number of hydrogen-bond donors (Lipinski definition) is 0. The van der Waals surface area contributed by atoms with Crippen LogP contribution in [-0.2, 0) is 0 Å². The van der Waals surface area contributed by atoms with Crippen LogP contribution in [0.25, 0.3) is 0 Å². The van der Waals surface area contributed by atoms with Crippen LogP contribution in [0.15, 0.2) is 0 Å². The van der Waals surface area contributed by atoms with Crippen LogP contribution >= 0.6 is 0 Å². The molecule has 1 aliphatic carbocycles. The van der Waals surface area contributed by atoms with Gasteiger partial charge in [-0.2, -0.15) is 0 Å². The van der Waals surface area contributed by atoms with Gasteiger partial charge < -0.3 is 0 Å². The Labute approximate surface area is 120 Å². The molecule has 0 aliphatic heterocycles. The van der Waals surface area contributed by atoms with Crippen LogP contribution in [0.3, 0.4) is 0 Å². The summed E-state index contributed by atoms with van der Waals surface area (Å²) in [5.41, 5.74) is 0. The zero-order valence-electron chi connectivity index (χ0n) is 15.1. The van der Waals surface area contributed by atoms with Gasteiger partial charge >= 0.3 is 0 Å². The molecule has 0 nitrogen and oxygen atoms in total. The third-order valence-corrected chi connectivity index (χ3v) is 2.46. The van der Waals surface area contributed by atoms with Crippen molar-refractivity contribution in [2.45, 2.75) is 120 Å². The molecule has 0 radical (unpaired) electrons. The van der Waals surface area contributed by atoms with E-state index >= 15 is 0 Å². The van der Waals surface area contributed by atoms with Crippen molar-refractivity contribution in [2.24, 2.45) is 0 Å². The van der Waals surface area contributed by atoms with Crippen molar-refractivity contribution in [3.05, 3.63) is 0 Å². The molecule has 0 saturated heterocycles. The lowest BCUT2D eigenvalue weighted by Gasteiger charge is -2.05. The summed E-state index contributed by atoms with van der Waals surface area (Å²) in [6.45, 7) is 16.5. The highest BCUT2D eigenvalue weighted by atomic mass is 14.0. The minimum absolute atomic E-state index is 1.36. The molecule has 0 heterocycles. The van der Waals surface area contributed by atoms with Gasteiger partial charge in [0, 0.05) is 0 Å². The lowest BCUT2D eigenvalue weighted by atomic mass is 10.0. The zero-order chi connectivity index (χ0) is 15.1. The van der Waals surface area contributed by atoms with Crippen molar-refractivity contribution < 1.29 is 0 Å². The van der Waals surface area contributed by atoms with Crippen LogP contribution in [0.2, 0.25) is 0 Å². The van der Waals surface area contributed by atoms with Gasteiger partial charge in [0.2, 0.25) is 0 Å². The van der Waals surface area contributed by atoms with E-state index in [-0.39, 0.29) is 0 Å². The van der Waals surface area contributed by atoms with E-state index in [1.54, 1.807) is 0 Å². The van der Waals surface area contributed by atoms with Crippen LogP contribution in [0.1, 0.15) is 120 Å². The van der Waals surface area contributed by atoms with Gasteiger partial charge in [0.05, 0.1) is 0 Å². The molecule has 0 unspecified atom stereocenters. The molecular weight excluding hydrogens is 216 g/mol. The van der Waals surface area contributed by atoms with Gasteiger partial charge in [-0.05, 0) is 0 Å². The van der Waals surface area contributed by atoms with Crippen LogP contribution < -0.4 is 0 Å². The average molecular weight is 261 g/mol. The molecule has 1 rings (SSSR count). The number of unbranched alkanes of at least 4 members (excludes halogenated alkanes) is 3. The standard InChI is InChI=1S/C6H12.C6H14.3C2H6/c1-2-4-6-5-3-1;1-3-5-6-4-2;3*1-2/h1-6H2;3-6H2,1-2H3;3*1-2H3. The summed E-state index contributed by atoms with van der Waals surface area (Å²) in [6, 6.07) is 0. The van der Waals surface area contributed by atoms with E-state index in [1.165, 1.54) is 64.2 Å². The summed E-state index contributed by atoms with van der Waals surface area (Å²) in [7, 11) is 0. The molecule has 116 valence electrons. The van der Waals surface area contributed by atoms with E-state index in [0.717, 1.165) is 0 Å². The molecule has 0 aromatic heterocycles. The zero-order valence-corrected chi connectivity index (χ0v) is 15.1. The van der Waals surface area contributed by atoms with Crippen molar-refractivity contribution in [3.8, 4) is 0 Å². The summed E-state index contributed by atoms with van der Waals surface area (Å²) in [6.07, 6.45) is 14.5. The van der Waals surface area contributed by atoms with Gasteiger partial charge in [-0.25, -0.2) is 0 Å². The maximum Gasteiger partial charge on any atom is -0.0533 e. The molecule has 0 bridgehead atoms. The van der Waals surface area contributed by atoms with Crippen molar-refractivity contribution in [2.75, 3.05) is 0 Å². The van der Waals surface area contributed by atoms with E-state index in [2.05, 4.69) is 13.8 Å². The van der Waals surface area contributed by atoms with E-state index in [4.69, 9.17) is 0 Å². The Hall–Kier alpha value is 0. The lowest BCUT2D eigenvalue weighted by Crippen LogP contribution is -1.85. The summed E-state index contributed by atoms with van der Waals surface area (Å²) >= 11 is 0. The average Bonchev–Trinajstić information content (AvgIpc) is 2.53. The number of rotatable bonds is 3. The van der Waals surface area contributed by atoms with Gasteiger partial charge in [-0.15, -0.1) is 0 Å². The Morgan fingerprint density at radius 1 is 0.444 bits per heavy atom. The van der Waals surface area contributed by atoms with Crippen molar-refractivity contribution in [3.63, 3.8) is 0 Å². The minimum Gasteiger partial charge on any atom is -0.0683 e. The SMILES string of the molecule is C1CCCCC1.CC.CC.CC.CCCCCC. The monoisotopic (exact) mass is 260 g/mol. The lowest BCUT2D eigenvalue weighted by molar-refractivity contribution is 0.504. The Balaban J connectivity index is -0.0000000773. The minimum atomic E-state index is 1.36. The predicted octanol–water partition coefficient (Wildman–Crippen LogP) is 8.01. The highest BCUT2D eigenvalue weighted by molar-refractivity contribution is 4.51. The normalized spacial score (nSPS) is 12.0. The quantitative estimate of drug-likeness (QED) is 0.451. The molecule has 0 heteroatoms. The van der Waals surface area contributed by atoms with Crippen LogP contribution in [-0.4, -0.2) is 0 Å². The summed E-state index contributed by atoms with van der Waals surface area (Å²) in [4.78, 5) is 0. The highest BCUT2D eigenvalue weighted by Gasteiger charge is 1.95. The first-order valence-electron chi connectivity index (χ1n) is 8.91. The van der Waals surface area contributed by atoms with Gasteiger partial charge in [-0.3, -0.25) is 0 Å². The molecule has 0 aromatic carbocycles. The van der Waals surface area contributed by atoms with Crippen molar-refractivity contribution in [1.82, 2.24) is 0 Å². The molecule has 18 heavy (non-hydrogen) atoms. The first-order valence-corrected chi connectivity index (χ1v) is 8.91.